The van der Waals surface area contributed by atoms with Gasteiger partial charge in [-0.1, -0.05) is 6.42 Å². The minimum Gasteiger partial charge on any atom is -0.496 e. The summed E-state index contributed by atoms with van der Waals surface area (Å²) in [6.07, 6.45) is 3.89. The molecule has 5 heteroatoms. The van der Waals surface area contributed by atoms with Crippen molar-refractivity contribution in [1.29, 1.82) is 0 Å². The zero-order chi connectivity index (χ0) is 14.8. The molecule has 0 aliphatic carbocycles. The van der Waals surface area contributed by atoms with E-state index in [0.29, 0.717) is 18.4 Å². The summed E-state index contributed by atoms with van der Waals surface area (Å²) in [5, 5.41) is 8.71. The molecule has 1 rings (SSSR count). The summed E-state index contributed by atoms with van der Waals surface area (Å²) < 4.78 is 11.1. The van der Waals surface area contributed by atoms with Crippen molar-refractivity contribution in [1.82, 2.24) is 0 Å². The van der Waals surface area contributed by atoms with Crippen LogP contribution in [0, 0.1) is 0 Å². The number of aliphatic hydroxyl groups excluding tert-OH is 1. The van der Waals surface area contributed by atoms with E-state index >= 15 is 0 Å². The molecule has 0 bridgehead atoms. The lowest BCUT2D eigenvalue weighted by Crippen LogP contribution is -2.02. The van der Waals surface area contributed by atoms with Crippen molar-refractivity contribution in [3.05, 3.63) is 23.3 Å². The zero-order valence-electron chi connectivity index (χ0n) is 11.8. The van der Waals surface area contributed by atoms with Crippen LogP contribution in [-0.2, 0) is 11.8 Å². The lowest BCUT2D eigenvalue weighted by atomic mass is 10.1. The average molecular weight is 321 g/mol. The number of unbranched alkanes of at least 4 members (excludes halogenated alkanes) is 3. The van der Waals surface area contributed by atoms with Gasteiger partial charge in [-0.15, -0.1) is 23.2 Å². The highest BCUT2D eigenvalue weighted by atomic mass is 35.5. The highest BCUT2D eigenvalue weighted by Crippen LogP contribution is 2.31. The van der Waals surface area contributed by atoms with E-state index < -0.39 is 0 Å². The molecule has 1 aromatic rings. The molecule has 0 saturated carbocycles. The zero-order valence-corrected chi connectivity index (χ0v) is 13.3. The van der Waals surface area contributed by atoms with Crippen LogP contribution in [0.25, 0.3) is 0 Å². The largest absolute Gasteiger partial charge is 0.496 e. The van der Waals surface area contributed by atoms with Gasteiger partial charge in [0, 0.05) is 17.7 Å². The first-order valence-electron chi connectivity index (χ1n) is 6.82. The Morgan fingerprint density at radius 2 is 1.55 bits per heavy atom. The monoisotopic (exact) mass is 320 g/mol. The molecule has 0 atom stereocenters. The fourth-order valence-electron chi connectivity index (χ4n) is 1.93. The second-order valence-corrected chi connectivity index (χ2v) is 5.06. The summed E-state index contributed by atoms with van der Waals surface area (Å²) in [4.78, 5) is 0. The third kappa shape index (κ3) is 5.39. The fraction of sp³-hybridized carbons (Fsp3) is 0.600. The molecular formula is C15H22Cl2O3. The van der Waals surface area contributed by atoms with Gasteiger partial charge < -0.3 is 14.6 Å². The SMILES string of the molecule is COc1cc(CCl)c(OCCCCCCO)cc1CCl. The summed E-state index contributed by atoms with van der Waals surface area (Å²) in [6, 6.07) is 3.78. The number of aliphatic hydroxyl groups is 1. The van der Waals surface area contributed by atoms with Crippen molar-refractivity contribution in [3.8, 4) is 11.5 Å². The highest BCUT2D eigenvalue weighted by molar-refractivity contribution is 6.18. The second-order valence-electron chi connectivity index (χ2n) is 4.53. The summed E-state index contributed by atoms with van der Waals surface area (Å²) in [5.41, 5.74) is 1.81. The summed E-state index contributed by atoms with van der Waals surface area (Å²) >= 11 is 11.8. The normalized spacial score (nSPS) is 10.6. The molecule has 0 amide bonds. The Hall–Kier alpha value is -0.640. The van der Waals surface area contributed by atoms with Crippen LogP contribution >= 0.6 is 23.2 Å². The summed E-state index contributed by atoms with van der Waals surface area (Å²) in [6.45, 7) is 0.901. The van der Waals surface area contributed by atoms with Gasteiger partial charge in [-0.2, -0.15) is 0 Å². The third-order valence-electron chi connectivity index (χ3n) is 3.06. The van der Waals surface area contributed by atoms with E-state index in [1.54, 1.807) is 7.11 Å². The maximum atomic E-state index is 8.71. The topological polar surface area (TPSA) is 38.7 Å². The minimum atomic E-state index is 0.259. The van der Waals surface area contributed by atoms with Gasteiger partial charge in [0.15, 0.2) is 0 Å². The number of methoxy groups -OCH3 is 1. The van der Waals surface area contributed by atoms with Gasteiger partial charge in [-0.3, -0.25) is 0 Å². The molecule has 0 aliphatic rings. The predicted octanol–water partition coefficient (Wildman–Crippen LogP) is 4.10. The van der Waals surface area contributed by atoms with E-state index in [1.807, 2.05) is 12.1 Å². The molecule has 0 heterocycles. The molecule has 0 fully saturated rings. The quantitative estimate of drug-likeness (QED) is 0.521. The molecule has 0 saturated heterocycles. The number of halogens is 2. The smallest absolute Gasteiger partial charge is 0.124 e. The second kappa shape index (κ2) is 10.1. The maximum absolute atomic E-state index is 8.71. The molecule has 1 N–H and O–H groups in total. The minimum absolute atomic E-state index is 0.259. The number of hydrogen-bond acceptors (Lipinski definition) is 3. The van der Waals surface area contributed by atoms with Gasteiger partial charge in [0.1, 0.15) is 11.5 Å². The van der Waals surface area contributed by atoms with Crippen LogP contribution in [0.5, 0.6) is 11.5 Å². The fourth-order valence-corrected chi connectivity index (χ4v) is 2.34. The van der Waals surface area contributed by atoms with Crippen LogP contribution in [0.1, 0.15) is 36.8 Å². The van der Waals surface area contributed by atoms with Crippen molar-refractivity contribution in [3.63, 3.8) is 0 Å². The molecule has 0 aliphatic heterocycles. The van der Waals surface area contributed by atoms with Crippen LogP contribution in [0.2, 0.25) is 0 Å². The van der Waals surface area contributed by atoms with E-state index in [0.717, 1.165) is 48.3 Å². The first-order valence-corrected chi connectivity index (χ1v) is 7.89. The van der Waals surface area contributed by atoms with Gasteiger partial charge >= 0.3 is 0 Å². The van der Waals surface area contributed by atoms with E-state index in [2.05, 4.69) is 0 Å². The first kappa shape index (κ1) is 17.4. The van der Waals surface area contributed by atoms with Gasteiger partial charge in [-0.05, 0) is 31.4 Å². The van der Waals surface area contributed by atoms with Gasteiger partial charge in [-0.25, -0.2) is 0 Å². The van der Waals surface area contributed by atoms with Crippen molar-refractivity contribution < 1.29 is 14.6 Å². The predicted molar refractivity (Wildman–Crippen MR) is 83.2 cm³/mol. The Labute approximate surface area is 130 Å². The molecule has 0 spiro atoms. The van der Waals surface area contributed by atoms with Crippen LogP contribution in [-0.4, -0.2) is 25.4 Å². The molecule has 20 heavy (non-hydrogen) atoms. The lowest BCUT2D eigenvalue weighted by Gasteiger charge is -2.14. The van der Waals surface area contributed by atoms with E-state index in [1.165, 1.54) is 0 Å². The molecule has 114 valence electrons. The van der Waals surface area contributed by atoms with Crippen molar-refractivity contribution in [2.75, 3.05) is 20.3 Å². The molecule has 3 nitrogen and oxygen atoms in total. The van der Waals surface area contributed by atoms with Crippen LogP contribution < -0.4 is 9.47 Å². The van der Waals surface area contributed by atoms with Gasteiger partial charge in [0.25, 0.3) is 0 Å². The first-order chi connectivity index (χ1) is 9.76. The lowest BCUT2D eigenvalue weighted by molar-refractivity contribution is 0.273. The number of benzene rings is 1. The Kier molecular flexibility index (Phi) is 8.83. The van der Waals surface area contributed by atoms with E-state index in [4.69, 9.17) is 37.8 Å². The van der Waals surface area contributed by atoms with Crippen LogP contribution in [0.3, 0.4) is 0 Å². The molecule has 0 unspecified atom stereocenters. The van der Waals surface area contributed by atoms with E-state index in [9.17, 15) is 0 Å². The van der Waals surface area contributed by atoms with Gasteiger partial charge in [0.2, 0.25) is 0 Å². The molecule has 1 aromatic carbocycles. The molecule has 0 radical (unpaired) electrons. The molecular weight excluding hydrogens is 299 g/mol. The summed E-state index contributed by atoms with van der Waals surface area (Å²) in [5.74, 6) is 2.27. The summed E-state index contributed by atoms with van der Waals surface area (Å²) in [7, 11) is 1.62. The van der Waals surface area contributed by atoms with Crippen molar-refractivity contribution >= 4 is 23.2 Å². The Balaban J connectivity index is 2.59. The van der Waals surface area contributed by atoms with E-state index in [-0.39, 0.29) is 6.61 Å². The maximum Gasteiger partial charge on any atom is 0.124 e. The van der Waals surface area contributed by atoms with Crippen molar-refractivity contribution in [2.24, 2.45) is 0 Å². The van der Waals surface area contributed by atoms with Crippen molar-refractivity contribution in [2.45, 2.75) is 37.4 Å². The third-order valence-corrected chi connectivity index (χ3v) is 3.64. The number of rotatable bonds is 10. The highest BCUT2D eigenvalue weighted by Gasteiger charge is 2.10. The number of hydrogen-bond donors (Lipinski definition) is 1. The van der Waals surface area contributed by atoms with Gasteiger partial charge in [0.05, 0.1) is 25.5 Å². The average Bonchev–Trinajstić information content (AvgIpc) is 2.49. The number of ether oxygens (including phenoxy) is 2. The van der Waals surface area contributed by atoms with Crippen LogP contribution in [0.15, 0.2) is 12.1 Å². The Morgan fingerprint density at radius 3 is 2.15 bits per heavy atom. The Morgan fingerprint density at radius 1 is 0.950 bits per heavy atom. The molecule has 0 aromatic heterocycles. The Bertz CT molecular complexity index is 397. The van der Waals surface area contributed by atoms with Crippen LogP contribution in [0.4, 0.5) is 0 Å². The standard InChI is InChI=1S/C15H22Cl2O3/c1-19-14-8-13(11-17)15(9-12(14)10-16)20-7-5-3-2-4-6-18/h8-9,18H,2-7,10-11H2,1H3. The number of alkyl halides is 2.